The van der Waals surface area contributed by atoms with Crippen LogP contribution < -0.4 is 16.7 Å². The van der Waals surface area contributed by atoms with Gasteiger partial charge in [0.05, 0.1) is 13.2 Å². The summed E-state index contributed by atoms with van der Waals surface area (Å²) >= 11 is 0. The van der Waals surface area contributed by atoms with Crippen LogP contribution >= 0.6 is 0 Å². The Bertz CT molecular complexity index is 433. The van der Waals surface area contributed by atoms with Crippen LogP contribution in [0.4, 0.5) is 5.82 Å². The second-order valence-electron chi connectivity index (χ2n) is 3.07. The zero-order chi connectivity index (χ0) is 10.7. The maximum Gasteiger partial charge on any atom is 0.342 e. The number of hydrazine groups is 1. The fraction of sp³-hybridized carbons (Fsp3) is 0.571. The topological polar surface area (TPSA) is 103 Å². The summed E-state index contributed by atoms with van der Waals surface area (Å²) < 4.78 is 5.14. The minimum absolute atomic E-state index is 0.0801. The van der Waals surface area contributed by atoms with Crippen molar-refractivity contribution in [1.29, 1.82) is 0 Å². The number of hydrogen-bond donors (Lipinski definition) is 3. The van der Waals surface area contributed by atoms with E-state index in [1.807, 2.05) is 0 Å². The number of ether oxygens (including phenoxy) is 1. The van der Waals surface area contributed by atoms with E-state index in [1.165, 1.54) is 0 Å². The summed E-state index contributed by atoms with van der Waals surface area (Å²) in [6, 6.07) is 0. The largest absolute Gasteiger partial charge is 0.379 e. The predicted molar refractivity (Wildman–Crippen MR) is 51.5 cm³/mol. The van der Waals surface area contributed by atoms with Gasteiger partial charge in [0.1, 0.15) is 0 Å². The molecule has 0 aliphatic carbocycles. The highest BCUT2D eigenvalue weighted by atomic mass is 16.5. The molecule has 0 spiro atoms. The van der Waals surface area contributed by atoms with E-state index in [-0.39, 0.29) is 5.82 Å². The summed E-state index contributed by atoms with van der Waals surface area (Å²) in [5.74, 6) is 0.0801. The molecule has 3 N–H and O–H groups in total. The third-order valence-corrected chi connectivity index (χ3v) is 1.99. The van der Waals surface area contributed by atoms with Crippen LogP contribution in [0.3, 0.4) is 0 Å². The highest BCUT2D eigenvalue weighted by Crippen LogP contribution is 1.97. The van der Waals surface area contributed by atoms with Crippen LogP contribution in [-0.4, -0.2) is 46.5 Å². The first kappa shape index (κ1) is 9.87. The molecule has 1 aromatic rings. The van der Waals surface area contributed by atoms with Gasteiger partial charge in [0.15, 0.2) is 0 Å². The van der Waals surface area contributed by atoms with Gasteiger partial charge in [0.2, 0.25) is 5.82 Å². The van der Waals surface area contributed by atoms with E-state index in [0.717, 1.165) is 0 Å². The number of anilines is 1. The van der Waals surface area contributed by atoms with Crippen molar-refractivity contribution in [1.82, 2.24) is 20.2 Å². The van der Waals surface area contributed by atoms with Gasteiger partial charge in [-0.2, -0.15) is 0 Å². The minimum Gasteiger partial charge on any atom is -0.379 e. The fourth-order valence-corrected chi connectivity index (χ4v) is 1.25. The van der Waals surface area contributed by atoms with Crippen LogP contribution in [0, 0.1) is 0 Å². The van der Waals surface area contributed by atoms with Crippen LogP contribution in [0.1, 0.15) is 0 Å². The first-order valence-electron chi connectivity index (χ1n) is 4.54. The summed E-state index contributed by atoms with van der Waals surface area (Å²) in [4.78, 5) is 24.0. The number of rotatable bonds is 2. The molecule has 8 heteroatoms. The van der Waals surface area contributed by atoms with Gasteiger partial charge in [0.25, 0.3) is 5.56 Å². The number of nitrogens with zero attached hydrogens (tertiary/aromatic N) is 2. The van der Waals surface area contributed by atoms with Crippen molar-refractivity contribution in [3.05, 3.63) is 20.8 Å². The Hall–Kier alpha value is -1.67. The Morgan fingerprint density at radius 3 is 2.73 bits per heavy atom. The third-order valence-electron chi connectivity index (χ3n) is 1.99. The van der Waals surface area contributed by atoms with Gasteiger partial charge in [-0.25, -0.2) is 14.9 Å². The lowest BCUT2D eigenvalue weighted by molar-refractivity contribution is 0.0493. The average molecular weight is 213 g/mol. The molecular weight excluding hydrogens is 202 g/mol. The highest BCUT2D eigenvalue weighted by molar-refractivity contribution is 5.27. The molecule has 0 bridgehead atoms. The van der Waals surface area contributed by atoms with Crippen LogP contribution in [0.2, 0.25) is 0 Å². The van der Waals surface area contributed by atoms with Gasteiger partial charge >= 0.3 is 5.69 Å². The number of H-pyrrole nitrogens is 2. The molecule has 8 nitrogen and oxygen atoms in total. The Kier molecular flexibility index (Phi) is 2.79. The molecule has 0 aromatic carbocycles. The van der Waals surface area contributed by atoms with Crippen molar-refractivity contribution in [3.63, 3.8) is 0 Å². The fourth-order valence-electron chi connectivity index (χ4n) is 1.25. The zero-order valence-electron chi connectivity index (χ0n) is 7.95. The van der Waals surface area contributed by atoms with Crippen LogP contribution in [0.15, 0.2) is 9.59 Å². The van der Waals surface area contributed by atoms with Gasteiger partial charge in [-0.1, -0.05) is 0 Å². The molecule has 0 unspecified atom stereocenters. The van der Waals surface area contributed by atoms with E-state index in [9.17, 15) is 9.59 Å². The van der Waals surface area contributed by atoms with Crippen molar-refractivity contribution < 1.29 is 4.74 Å². The zero-order valence-corrected chi connectivity index (χ0v) is 7.95. The van der Waals surface area contributed by atoms with Crippen molar-refractivity contribution >= 4 is 5.82 Å². The van der Waals surface area contributed by atoms with Crippen LogP contribution in [0.25, 0.3) is 0 Å². The first-order valence-corrected chi connectivity index (χ1v) is 4.54. The quantitative estimate of drug-likeness (QED) is 0.531. The molecule has 1 aliphatic heterocycles. The number of nitrogens with one attached hydrogen (secondary N) is 3. The number of hydrogen-bond acceptors (Lipinski definition) is 6. The second-order valence-corrected chi connectivity index (χ2v) is 3.07. The van der Waals surface area contributed by atoms with Crippen molar-refractivity contribution in [2.24, 2.45) is 0 Å². The number of aromatic nitrogens is 3. The predicted octanol–water partition coefficient (Wildman–Crippen LogP) is -1.88. The Labute approximate surface area is 84.2 Å². The monoisotopic (exact) mass is 213 g/mol. The lowest BCUT2D eigenvalue weighted by atomic mass is 10.5. The molecule has 2 heterocycles. The van der Waals surface area contributed by atoms with Gasteiger partial charge in [0, 0.05) is 13.1 Å². The smallest absolute Gasteiger partial charge is 0.342 e. The molecule has 15 heavy (non-hydrogen) atoms. The molecule has 0 radical (unpaired) electrons. The molecule has 1 aromatic heterocycles. The van der Waals surface area contributed by atoms with Gasteiger partial charge in [-0.15, -0.1) is 5.10 Å². The molecular formula is C7H11N5O3. The standard InChI is InChI=1S/C7H11N5O3/c13-6-5(9-10-7(14)8-6)11-12-1-3-15-4-2-12/h1-4H2,(H,9,11)(H2,8,10,13,14). The van der Waals surface area contributed by atoms with Crippen LogP contribution in [-0.2, 0) is 4.74 Å². The van der Waals surface area contributed by atoms with Gasteiger partial charge in [-0.3, -0.25) is 15.2 Å². The van der Waals surface area contributed by atoms with E-state index in [2.05, 4.69) is 20.6 Å². The lowest BCUT2D eigenvalue weighted by Gasteiger charge is -2.26. The molecule has 1 fully saturated rings. The molecule has 2 rings (SSSR count). The molecule has 0 atom stereocenters. The van der Waals surface area contributed by atoms with Crippen molar-refractivity contribution in [2.45, 2.75) is 0 Å². The maximum absolute atomic E-state index is 11.3. The SMILES string of the molecule is O=c1[nH]nc(NN2CCOCC2)c(=O)[nH]1. The van der Waals surface area contributed by atoms with Crippen LogP contribution in [0.5, 0.6) is 0 Å². The number of morpholine rings is 1. The summed E-state index contributed by atoms with van der Waals surface area (Å²) in [5, 5.41) is 7.55. The minimum atomic E-state index is -0.618. The molecule has 1 aliphatic rings. The van der Waals surface area contributed by atoms with Crippen molar-refractivity contribution in [3.8, 4) is 0 Å². The van der Waals surface area contributed by atoms with E-state index in [0.29, 0.717) is 26.3 Å². The van der Waals surface area contributed by atoms with E-state index in [4.69, 9.17) is 4.74 Å². The van der Waals surface area contributed by atoms with E-state index < -0.39 is 11.2 Å². The molecule has 82 valence electrons. The maximum atomic E-state index is 11.3. The molecule has 0 saturated carbocycles. The lowest BCUT2D eigenvalue weighted by Crippen LogP contribution is -2.42. The van der Waals surface area contributed by atoms with E-state index >= 15 is 0 Å². The third kappa shape index (κ3) is 2.42. The van der Waals surface area contributed by atoms with Gasteiger partial charge < -0.3 is 4.74 Å². The normalized spacial score (nSPS) is 17.6. The highest BCUT2D eigenvalue weighted by Gasteiger charge is 2.12. The Balaban J connectivity index is 2.09. The summed E-state index contributed by atoms with van der Waals surface area (Å²) in [5.41, 5.74) is 1.65. The molecule has 1 saturated heterocycles. The first-order chi connectivity index (χ1) is 7.25. The Morgan fingerprint density at radius 2 is 2.07 bits per heavy atom. The summed E-state index contributed by atoms with van der Waals surface area (Å²) in [6.45, 7) is 2.54. The van der Waals surface area contributed by atoms with E-state index in [1.54, 1.807) is 5.01 Å². The average Bonchev–Trinajstić information content (AvgIpc) is 2.24. The van der Waals surface area contributed by atoms with Crippen molar-refractivity contribution in [2.75, 3.05) is 31.7 Å². The van der Waals surface area contributed by atoms with Gasteiger partial charge in [-0.05, 0) is 0 Å². The number of aromatic amines is 2. The summed E-state index contributed by atoms with van der Waals surface area (Å²) in [6.07, 6.45) is 0. The Morgan fingerprint density at radius 1 is 1.33 bits per heavy atom. The summed E-state index contributed by atoms with van der Waals surface area (Å²) in [7, 11) is 0. The molecule has 0 amide bonds. The second kappa shape index (κ2) is 4.24.